The molecule has 0 spiro atoms. The standard InChI is InChI=1S/C38H60O8/c1-9-22(2)15-25(5)16-23(3)11-10-12-26(6)36(43)27(7)17-24(4)13-14-31(40)28(8)34-20-32(41)35(38(45)46-34)30-18-29(21-39)19-33(42)37(30)44/h10-11,13-14,16-17,20,22,25-31,33,36-37,39-44H,9,12,15,18-19,21H2,1-8H3/b11-10+,14-13+,23-16+,24-17+. The maximum Gasteiger partial charge on any atom is 0.343 e. The highest BCUT2D eigenvalue weighted by molar-refractivity contribution is 5.36. The summed E-state index contributed by atoms with van der Waals surface area (Å²) in [7, 11) is 0. The van der Waals surface area contributed by atoms with Crippen molar-refractivity contribution < 1.29 is 35.1 Å². The molecule has 11 atom stereocenters. The van der Waals surface area contributed by atoms with E-state index in [9.17, 15) is 35.4 Å². The van der Waals surface area contributed by atoms with Crippen molar-refractivity contribution in [3.63, 3.8) is 0 Å². The lowest BCUT2D eigenvalue weighted by atomic mass is 9.75. The van der Waals surface area contributed by atoms with Gasteiger partial charge in [-0.2, -0.15) is 0 Å². The van der Waals surface area contributed by atoms with E-state index in [1.54, 1.807) is 19.1 Å². The molecule has 0 aliphatic heterocycles. The average molecular weight is 645 g/mol. The Morgan fingerprint density at radius 2 is 1.67 bits per heavy atom. The summed E-state index contributed by atoms with van der Waals surface area (Å²) in [5.74, 6) is -0.984. The van der Waals surface area contributed by atoms with E-state index < -0.39 is 41.9 Å². The number of aliphatic hydroxyl groups excluding tert-OH is 5. The van der Waals surface area contributed by atoms with Gasteiger partial charge in [0.05, 0.1) is 30.0 Å². The van der Waals surface area contributed by atoms with Crippen LogP contribution in [-0.4, -0.2) is 61.7 Å². The minimum Gasteiger partial charge on any atom is -0.507 e. The number of aliphatic hydroxyl groups is 5. The Morgan fingerprint density at radius 1 is 1.02 bits per heavy atom. The minimum atomic E-state index is -1.28. The fourth-order valence-electron chi connectivity index (χ4n) is 6.51. The van der Waals surface area contributed by atoms with E-state index in [1.807, 2.05) is 26.8 Å². The molecule has 6 N–H and O–H groups in total. The van der Waals surface area contributed by atoms with Crippen LogP contribution in [0.15, 0.2) is 62.9 Å². The van der Waals surface area contributed by atoms with Crippen molar-refractivity contribution in [1.29, 1.82) is 0 Å². The van der Waals surface area contributed by atoms with E-state index in [-0.39, 0.29) is 54.3 Å². The van der Waals surface area contributed by atoms with Crippen molar-refractivity contribution in [1.82, 2.24) is 0 Å². The van der Waals surface area contributed by atoms with Gasteiger partial charge in [-0.3, -0.25) is 0 Å². The zero-order chi connectivity index (χ0) is 34.7. The zero-order valence-corrected chi connectivity index (χ0v) is 29.1. The highest BCUT2D eigenvalue weighted by atomic mass is 16.4. The molecule has 1 aromatic rings. The second kappa shape index (κ2) is 18.7. The van der Waals surface area contributed by atoms with Crippen LogP contribution in [0, 0.1) is 29.6 Å². The highest BCUT2D eigenvalue weighted by Gasteiger charge is 2.39. The Hall–Kier alpha value is -2.49. The quantitative estimate of drug-likeness (QED) is 0.118. The lowest BCUT2D eigenvalue weighted by Crippen LogP contribution is -2.42. The second-order valence-electron chi connectivity index (χ2n) is 14.1. The molecule has 8 heteroatoms. The Kier molecular flexibility index (Phi) is 16.2. The van der Waals surface area contributed by atoms with Crippen LogP contribution in [0.4, 0.5) is 0 Å². The molecule has 0 bridgehead atoms. The highest BCUT2D eigenvalue weighted by Crippen LogP contribution is 2.39. The Bertz CT molecular complexity index is 1260. The topological polar surface area (TPSA) is 152 Å². The van der Waals surface area contributed by atoms with Crippen LogP contribution < -0.4 is 5.63 Å². The van der Waals surface area contributed by atoms with Crippen LogP contribution in [0.5, 0.6) is 5.75 Å². The van der Waals surface area contributed by atoms with Crippen molar-refractivity contribution in [3.8, 4) is 5.75 Å². The van der Waals surface area contributed by atoms with Gasteiger partial charge in [0, 0.05) is 30.4 Å². The van der Waals surface area contributed by atoms with Gasteiger partial charge in [-0.1, -0.05) is 95.6 Å². The monoisotopic (exact) mass is 644 g/mol. The van der Waals surface area contributed by atoms with Gasteiger partial charge in [-0.05, 0) is 63.2 Å². The zero-order valence-electron chi connectivity index (χ0n) is 29.1. The molecule has 0 saturated heterocycles. The number of allylic oxidation sites excluding steroid dienone is 6. The van der Waals surface area contributed by atoms with Crippen molar-refractivity contribution in [2.24, 2.45) is 29.6 Å². The van der Waals surface area contributed by atoms with E-state index >= 15 is 0 Å². The summed E-state index contributed by atoms with van der Waals surface area (Å²) >= 11 is 0. The molecule has 1 aromatic heterocycles. The molecule has 2 rings (SSSR count). The molecule has 46 heavy (non-hydrogen) atoms. The van der Waals surface area contributed by atoms with Crippen molar-refractivity contribution >= 4 is 0 Å². The summed E-state index contributed by atoms with van der Waals surface area (Å²) < 4.78 is 5.47. The number of hydrogen-bond acceptors (Lipinski definition) is 8. The first-order valence-corrected chi connectivity index (χ1v) is 17.0. The first kappa shape index (κ1) is 39.7. The third-order valence-electron chi connectivity index (χ3n) is 9.65. The molecule has 0 amide bonds. The molecule has 0 radical (unpaired) electrons. The van der Waals surface area contributed by atoms with Crippen LogP contribution in [0.25, 0.3) is 0 Å². The second-order valence-corrected chi connectivity index (χ2v) is 14.1. The molecule has 8 nitrogen and oxygen atoms in total. The van der Waals surface area contributed by atoms with Gasteiger partial charge in [-0.25, -0.2) is 4.79 Å². The van der Waals surface area contributed by atoms with Gasteiger partial charge in [0.25, 0.3) is 0 Å². The van der Waals surface area contributed by atoms with Gasteiger partial charge in [-0.15, -0.1) is 0 Å². The fourth-order valence-corrected chi connectivity index (χ4v) is 6.51. The SMILES string of the molecule is CCC(C)CC(C)/C=C(C)/C=C/CC(C)C(O)C(C)/C=C(C)/C=C/C(O)C(C)c1cc(O)c(C2CC(CO)CC(O)C2O)c(=O)o1. The van der Waals surface area contributed by atoms with Crippen LogP contribution in [0.3, 0.4) is 0 Å². The molecular formula is C38H60O8. The maximum absolute atomic E-state index is 12.9. The summed E-state index contributed by atoms with van der Waals surface area (Å²) in [5, 5.41) is 62.7. The van der Waals surface area contributed by atoms with Crippen molar-refractivity contribution in [3.05, 3.63) is 75.4 Å². The molecule has 1 aliphatic carbocycles. The van der Waals surface area contributed by atoms with E-state index in [1.165, 1.54) is 24.5 Å². The molecular weight excluding hydrogens is 584 g/mol. The number of aromatic hydroxyl groups is 1. The first-order valence-electron chi connectivity index (χ1n) is 17.0. The number of rotatable bonds is 16. The van der Waals surface area contributed by atoms with Crippen LogP contribution >= 0.6 is 0 Å². The molecule has 1 heterocycles. The third-order valence-corrected chi connectivity index (χ3v) is 9.65. The van der Waals surface area contributed by atoms with Crippen LogP contribution in [0.1, 0.15) is 111 Å². The minimum absolute atomic E-state index is 0.0567. The first-order chi connectivity index (χ1) is 21.6. The van der Waals surface area contributed by atoms with E-state index in [0.717, 1.165) is 12.0 Å². The molecule has 11 unspecified atom stereocenters. The maximum atomic E-state index is 12.9. The van der Waals surface area contributed by atoms with E-state index in [2.05, 4.69) is 45.9 Å². The van der Waals surface area contributed by atoms with Gasteiger partial charge in [0.1, 0.15) is 11.5 Å². The lowest BCUT2D eigenvalue weighted by molar-refractivity contribution is -0.0482. The smallest absolute Gasteiger partial charge is 0.343 e. The van der Waals surface area contributed by atoms with E-state index in [4.69, 9.17) is 4.42 Å². The van der Waals surface area contributed by atoms with Crippen LogP contribution in [-0.2, 0) is 0 Å². The predicted octanol–water partition coefficient (Wildman–Crippen LogP) is 6.12. The summed E-state index contributed by atoms with van der Waals surface area (Å²) in [5.41, 5.74) is 1.11. The van der Waals surface area contributed by atoms with Gasteiger partial charge < -0.3 is 35.1 Å². The van der Waals surface area contributed by atoms with E-state index in [0.29, 0.717) is 11.8 Å². The predicted molar refractivity (Wildman–Crippen MR) is 184 cm³/mol. The van der Waals surface area contributed by atoms with Crippen LogP contribution in [0.2, 0.25) is 0 Å². The molecule has 1 aliphatic rings. The summed E-state index contributed by atoms with van der Waals surface area (Å²) in [6.07, 6.45) is 11.4. The summed E-state index contributed by atoms with van der Waals surface area (Å²) in [6.45, 7) is 16.2. The van der Waals surface area contributed by atoms with Gasteiger partial charge in [0.15, 0.2) is 0 Å². The van der Waals surface area contributed by atoms with Gasteiger partial charge in [0.2, 0.25) is 0 Å². The molecule has 0 aromatic carbocycles. The Labute approximate surface area is 275 Å². The average Bonchev–Trinajstić information content (AvgIpc) is 3.00. The van der Waals surface area contributed by atoms with Crippen molar-refractivity contribution in [2.75, 3.05) is 6.61 Å². The van der Waals surface area contributed by atoms with Gasteiger partial charge >= 0.3 is 5.63 Å². The van der Waals surface area contributed by atoms with Crippen molar-refractivity contribution in [2.45, 2.75) is 124 Å². The lowest BCUT2D eigenvalue weighted by Gasteiger charge is -2.36. The molecule has 260 valence electrons. The number of hydrogen-bond donors (Lipinski definition) is 6. The third kappa shape index (κ3) is 11.6. The Balaban J connectivity index is 2.01. The Morgan fingerprint density at radius 3 is 2.28 bits per heavy atom. The molecule has 1 fully saturated rings. The fraction of sp³-hybridized carbons (Fsp3) is 0.658. The normalized spacial score (nSPS) is 26.2. The molecule has 1 saturated carbocycles. The summed E-state index contributed by atoms with van der Waals surface area (Å²) in [6, 6.07) is 1.27. The largest absolute Gasteiger partial charge is 0.507 e. The summed E-state index contributed by atoms with van der Waals surface area (Å²) in [4.78, 5) is 12.9.